The fourth-order valence-electron chi connectivity index (χ4n) is 2.72. The highest BCUT2D eigenvalue weighted by atomic mass is 32.2. The summed E-state index contributed by atoms with van der Waals surface area (Å²) < 4.78 is 14.5. The first kappa shape index (κ1) is 15.7. The van der Waals surface area contributed by atoms with E-state index < -0.39 is 11.4 Å². The summed E-state index contributed by atoms with van der Waals surface area (Å²) in [5.74, 6) is -0.449. The minimum Gasteiger partial charge on any atom is -0.376 e. The van der Waals surface area contributed by atoms with Crippen molar-refractivity contribution in [2.45, 2.75) is 10.5 Å². The molecule has 0 bridgehead atoms. The highest BCUT2D eigenvalue weighted by Crippen LogP contribution is 2.41. The SMILES string of the molecule is CSc1ccncc1[C@@](O)(c1ccccc1)c1ccccc1F. The van der Waals surface area contributed by atoms with Gasteiger partial charge in [0, 0.05) is 28.4 Å². The molecule has 0 radical (unpaired) electrons. The molecule has 1 aromatic heterocycles. The lowest BCUT2D eigenvalue weighted by Crippen LogP contribution is -2.31. The van der Waals surface area contributed by atoms with Crippen molar-refractivity contribution in [3.05, 3.63) is 95.6 Å². The molecule has 23 heavy (non-hydrogen) atoms. The Morgan fingerprint density at radius 2 is 1.65 bits per heavy atom. The number of rotatable bonds is 4. The Balaban J connectivity index is 2.34. The highest BCUT2D eigenvalue weighted by molar-refractivity contribution is 7.98. The van der Waals surface area contributed by atoms with Gasteiger partial charge in [-0.2, -0.15) is 0 Å². The summed E-state index contributed by atoms with van der Waals surface area (Å²) in [6.07, 6.45) is 5.19. The van der Waals surface area contributed by atoms with Crippen molar-refractivity contribution < 1.29 is 9.50 Å². The van der Waals surface area contributed by atoms with Crippen LogP contribution in [-0.2, 0) is 5.60 Å². The number of thioether (sulfide) groups is 1. The minimum atomic E-state index is -1.60. The molecule has 2 aromatic carbocycles. The number of hydrogen-bond donors (Lipinski definition) is 1. The monoisotopic (exact) mass is 325 g/mol. The standard InChI is InChI=1S/C19H16FNOS/c1-23-18-11-12-21-13-16(18)19(22,14-7-3-2-4-8-14)15-9-5-6-10-17(15)20/h2-13,22H,1H3/t19-/m1/s1. The summed E-state index contributed by atoms with van der Waals surface area (Å²) in [7, 11) is 0. The minimum absolute atomic E-state index is 0.217. The zero-order chi connectivity index (χ0) is 16.3. The molecule has 4 heteroatoms. The molecule has 0 saturated heterocycles. The van der Waals surface area contributed by atoms with Crippen LogP contribution in [0, 0.1) is 5.82 Å². The van der Waals surface area contributed by atoms with E-state index in [-0.39, 0.29) is 5.56 Å². The van der Waals surface area contributed by atoms with Crippen LogP contribution in [0.4, 0.5) is 4.39 Å². The van der Waals surface area contributed by atoms with Crippen LogP contribution in [0.2, 0.25) is 0 Å². The molecule has 3 rings (SSSR count). The van der Waals surface area contributed by atoms with E-state index in [9.17, 15) is 9.50 Å². The molecule has 1 N–H and O–H groups in total. The smallest absolute Gasteiger partial charge is 0.145 e. The lowest BCUT2D eigenvalue weighted by Gasteiger charge is -2.31. The quantitative estimate of drug-likeness (QED) is 0.729. The summed E-state index contributed by atoms with van der Waals surface area (Å²) in [5, 5.41) is 11.6. The van der Waals surface area contributed by atoms with E-state index in [0.717, 1.165) is 4.90 Å². The first-order valence-electron chi connectivity index (χ1n) is 7.19. The van der Waals surface area contributed by atoms with Gasteiger partial charge in [-0.05, 0) is 24.0 Å². The fraction of sp³-hybridized carbons (Fsp3) is 0.105. The van der Waals surface area contributed by atoms with Gasteiger partial charge in [0.25, 0.3) is 0 Å². The van der Waals surface area contributed by atoms with Crippen LogP contribution < -0.4 is 0 Å². The predicted molar refractivity (Wildman–Crippen MR) is 91.0 cm³/mol. The molecule has 1 heterocycles. The Kier molecular flexibility index (Phi) is 4.46. The van der Waals surface area contributed by atoms with Gasteiger partial charge >= 0.3 is 0 Å². The third-order valence-electron chi connectivity index (χ3n) is 3.85. The maximum Gasteiger partial charge on any atom is 0.145 e. The van der Waals surface area contributed by atoms with Gasteiger partial charge in [0.05, 0.1) is 0 Å². The molecule has 3 aromatic rings. The van der Waals surface area contributed by atoms with Crippen molar-refractivity contribution in [2.24, 2.45) is 0 Å². The lowest BCUT2D eigenvalue weighted by atomic mass is 9.81. The van der Waals surface area contributed by atoms with Gasteiger partial charge in [0.2, 0.25) is 0 Å². The van der Waals surface area contributed by atoms with Crippen LogP contribution in [0.25, 0.3) is 0 Å². The molecule has 0 fully saturated rings. The highest BCUT2D eigenvalue weighted by Gasteiger charge is 2.38. The molecule has 0 aliphatic heterocycles. The Morgan fingerprint density at radius 1 is 0.957 bits per heavy atom. The Morgan fingerprint density at radius 3 is 2.35 bits per heavy atom. The predicted octanol–water partition coefficient (Wildman–Crippen LogP) is 4.23. The molecule has 116 valence electrons. The van der Waals surface area contributed by atoms with Gasteiger partial charge in [0.15, 0.2) is 0 Å². The van der Waals surface area contributed by atoms with Crippen LogP contribution in [0.15, 0.2) is 78.0 Å². The average molecular weight is 325 g/mol. The molecular weight excluding hydrogens is 309 g/mol. The summed E-state index contributed by atoms with van der Waals surface area (Å²) >= 11 is 1.50. The summed E-state index contributed by atoms with van der Waals surface area (Å²) in [5.41, 5.74) is -0.203. The van der Waals surface area contributed by atoms with E-state index in [1.165, 1.54) is 17.8 Å². The second-order valence-electron chi connectivity index (χ2n) is 5.13. The second-order valence-corrected chi connectivity index (χ2v) is 5.98. The van der Waals surface area contributed by atoms with E-state index in [2.05, 4.69) is 4.98 Å². The van der Waals surface area contributed by atoms with Gasteiger partial charge in [-0.25, -0.2) is 4.39 Å². The molecule has 0 saturated carbocycles. The third kappa shape index (κ3) is 2.76. The average Bonchev–Trinajstić information content (AvgIpc) is 2.62. The third-order valence-corrected chi connectivity index (χ3v) is 4.64. The fourth-order valence-corrected chi connectivity index (χ4v) is 3.34. The van der Waals surface area contributed by atoms with E-state index in [4.69, 9.17) is 0 Å². The molecule has 2 nitrogen and oxygen atoms in total. The first-order valence-corrected chi connectivity index (χ1v) is 8.41. The summed E-state index contributed by atoms with van der Waals surface area (Å²) in [6, 6.07) is 17.3. The molecule has 0 aliphatic rings. The van der Waals surface area contributed by atoms with E-state index in [0.29, 0.717) is 11.1 Å². The van der Waals surface area contributed by atoms with Crippen molar-refractivity contribution in [1.29, 1.82) is 0 Å². The van der Waals surface area contributed by atoms with Crippen molar-refractivity contribution in [3.63, 3.8) is 0 Å². The molecule has 1 atom stereocenters. The van der Waals surface area contributed by atoms with E-state index in [1.54, 1.807) is 42.7 Å². The molecule has 0 unspecified atom stereocenters. The number of aliphatic hydroxyl groups is 1. The number of halogens is 1. The number of aromatic nitrogens is 1. The van der Waals surface area contributed by atoms with Crippen molar-refractivity contribution in [3.8, 4) is 0 Å². The van der Waals surface area contributed by atoms with Gasteiger partial charge in [0.1, 0.15) is 11.4 Å². The Hall–Kier alpha value is -2.17. The maximum atomic E-state index is 14.5. The topological polar surface area (TPSA) is 33.1 Å². The van der Waals surface area contributed by atoms with Crippen molar-refractivity contribution >= 4 is 11.8 Å². The number of nitrogens with zero attached hydrogens (tertiary/aromatic N) is 1. The van der Waals surface area contributed by atoms with Crippen molar-refractivity contribution in [2.75, 3.05) is 6.26 Å². The van der Waals surface area contributed by atoms with Gasteiger partial charge in [-0.15, -0.1) is 11.8 Å². The number of benzene rings is 2. The largest absolute Gasteiger partial charge is 0.376 e. The molecule has 0 aliphatic carbocycles. The zero-order valence-electron chi connectivity index (χ0n) is 12.6. The molecule has 0 spiro atoms. The Bertz CT molecular complexity index is 809. The zero-order valence-corrected chi connectivity index (χ0v) is 13.4. The second kappa shape index (κ2) is 6.52. The number of hydrogen-bond acceptors (Lipinski definition) is 3. The van der Waals surface area contributed by atoms with Crippen LogP contribution >= 0.6 is 11.8 Å². The van der Waals surface area contributed by atoms with Gasteiger partial charge in [-0.3, -0.25) is 4.98 Å². The first-order chi connectivity index (χ1) is 11.2. The number of pyridine rings is 1. The van der Waals surface area contributed by atoms with Crippen LogP contribution in [0.5, 0.6) is 0 Å². The maximum absolute atomic E-state index is 14.5. The van der Waals surface area contributed by atoms with Crippen LogP contribution in [-0.4, -0.2) is 16.3 Å². The Labute approximate surface area is 139 Å². The van der Waals surface area contributed by atoms with Gasteiger partial charge < -0.3 is 5.11 Å². The normalized spacial score (nSPS) is 13.5. The molecule has 0 amide bonds. The summed E-state index contributed by atoms with van der Waals surface area (Å²) in [6.45, 7) is 0. The van der Waals surface area contributed by atoms with E-state index >= 15 is 0 Å². The van der Waals surface area contributed by atoms with Crippen LogP contribution in [0.3, 0.4) is 0 Å². The van der Waals surface area contributed by atoms with Gasteiger partial charge in [-0.1, -0.05) is 48.5 Å². The lowest BCUT2D eigenvalue weighted by molar-refractivity contribution is 0.118. The summed E-state index contributed by atoms with van der Waals surface area (Å²) in [4.78, 5) is 5.00. The van der Waals surface area contributed by atoms with Crippen molar-refractivity contribution in [1.82, 2.24) is 4.98 Å². The van der Waals surface area contributed by atoms with Crippen LogP contribution in [0.1, 0.15) is 16.7 Å². The van der Waals surface area contributed by atoms with E-state index in [1.807, 2.05) is 30.5 Å². The molecular formula is C19H16FNOS.